The molecule has 2 heterocycles. The number of nitrogens with zero attached hydrogens (tertiary/aromatic N) is 1. The first-order valence-electron chi connectivity index (χ1n) is 11.8. The molecule has 5 rings (SSSR count). The summed E-state index contributed by atoms with van der Waals surface area (Å²) >= 11 is 0. The molecular formula is C26H29N3O6. The number of fused-ring (bicyclic) bond motifs is 6. The first kappa shape index (κ1) is 23.2. The van der Waals surface area contributed by atoms with E-state index in [0.29, 0.717) is 69.2 Å². The second-order valence-electron chi connectivity index (χ2n) is 8.61. The van der Waals surface area contributed by atoms with E-state index in [2.05, 4.69) is 5.32 Å². The van der Waals surface area contributed by atoms with E-state index in [0.717, 1.165) is 32.4 Å². The number of hydrogen-bond donors (Lipinski definition) is 2. The highest BCUT2D eigenvalue weighted by Gasteiger charge is 2.35. The molecule has 3 N–H and O–H groups in total. The molecule has 1 aliphatic carbocycles. The molecule has 2 aromatic carbocycles. The average Bonchev–Trinajstić information content (AvgIpc) is 3.45. The molecule has 0 unspecified atom stereocenters. The molecule has 9 nitrogen and oxygen atoms in total. The molecule has 0 bridgehead atoms. The van der Waals surface area contributed by atoms with Gasteiger partial charge in [-0.25, -0.2) is 0 Å². The van der Waals surface area contributed by atoms with Gasteiger partial charge in [0.05, 0.1) is 30.9 Å². The minimum atomic E-state index is -0.179. The lowest BCUT2D eigenvalue weighted by Gasteiger charge is -2.17. The molecule has 3 aromatic rings. The summed E-state index contributed by atoms with van der Waals surface area (Å²) in [5.74, 6) is 1.84. The normalized spacial score (nSPS) is 13.3. The van der Waals surface area contributed by atoms with E-state index in [1.54, 1.807) is 28.8 Å². The van der Waals surface area contributed by atoms with Crippen LogP contribution < -0.4 is 35.6 Å². The van der Waals surface area contributed by atoms with Gasteiger partial charge < -0.3 is 34.6 Å². The van der Waals surface area contributed by atoms with Gasteiger partial charge >= 0.3 is 0 Å². The molecule has 1 aromatic heterocycles. The summed E-state index contributed by atoms with van der Waals surface area (Å²) < 4.78 is 23.7. The van der Waals surface area contributed by atoms with Crippen molar-refractivity contribution in [2.45, 2.75) is 25.8 Å². The van der Waals surface area contributed by atoms with Gasteiger partial charge in [0.2, 0.25) is 6.79 Å². The number of aromatic nitrogens is 1. The van der Waals surface area contributed by atoms with Gasteiger partial charge in [-0.05, 0) is 63.2 Å². The van der Waals surface area contributed by atoms with Gasteiger partial charge in [-0.15, -0.1) is 0 Å². The molecule has 0 amide bonds. The van der Waals surface area contributed by atoms with Crippen molar-refractivity contribution >= 4 is 16.6 Å². The molecule has 0 atom stereocenters. The number of hydrogen-bond acceptors (Lipinski definition) is 8. The van der Waals surface area contributed by atoms with Gasteiger partial charge in [0.25, 0.3) is 5.56 Å². The summed E-state index contributed by atoms with van der Waals surface area (Å²) in [6.45, 7) is 2.87. The lowest BCUT2D eigenvalue weighted by molar-refractivity contribution is 0.104. The Morgan fingerprint density at radius 2 is 1.57 bits per heavy atom. The zero-order valence-electron chi connectivity index (χ0n) is 19.9. The summed E-state index contributed by atoms with van der Waals surface area (Å²) in [7, 11) is 3.05. The van der Waals surface area contributed by atoms with Crippen LogP contribution in [0.5, 0.6) is 23.0 Å². The number of ketones is 1. The van der Waals surface area contributed by atoms with Crippen LogP contribution in [0.25, 0.3) is 22.0 Å². The molecule has 2 aliphatic rings. The Morgan fingerprint density at radius 3 is 2.26 bits per heavy atom. The highest BCUT2D eigenvalue weighted by Crippen LogP contribution is 2.46. The highest BCUT2D eigenvalue weighted by molar-refractivity contribution is 6.27. The summed E-state index contributed by atoms with van der Waals surface area (Å²) in [5, 5.41) is 4.36. The second-order valence-corrected chi connectivity index (χ2v) is 8.61. The summed E-state index contributed by atoms with van der Waals surface area (Å²) in [6.07, 6.45) is 2.71. The van der Waals surface area contributed by atoms with Crippen molar-refractivity contribution in [1.29, 1.82) is 0 Å². The molecule has 0 saturated heterocycles. The van der Waals surface area contributed by atoms with Crippen molar-refractivity contribution in [3.05, 3.63) is 45.7 Å². The molecule has 0 spiro atoms. The van der Waals surface area contributed by atoms with Crippen molar-refractivity contribution in [1.82, 2.24) is 9.88 Å². The molecule has 9 heteroatoms. The first-order valence-corrected chi connectivity index (χ1v) is 11.8. The summed E-state index contributed by atoms with van der Waals surface area (Å²) in [6, 6.07) is 6.87. The van der Waals surface area contributed by atoms with Crippen LogP contribution in [0.4, 0.5) is 0 Å². The Morgan fingerprint density at radius 1 is 0.914 bits per heavy atom. The SMILES string of the molecule is COc1cc2c3c(n(CCCNCCCCN)c(=O)c2cc1OC)-c1cc2c(cc1C3=O)OCO2. The van der Waals surface area contributed by atoms with Crippen molar-refractivity contribution in [2.24, 2.45) is 5.73 Å². The lowest BCUT2D eigenvalue weighted by atomic mass is 10.0. The Hall–Kier alpha value is -3.56. The summed E-state index contributed by atoms with van der Waals surface area (Å²) in [5.41, 5.74) is 7.64. The molecule has 0 saturated carbocycles. The predicted molar refractivity (Wildman–Crippen MR) is 132 cm³/mol. The predicted octanol–water partition coefficient (Wildman–Crippen LogP) is 2.68. The van der Waals surface area contributed by atoms with Crippen molar-refractivity contribution < 1.29 is 23.7 Å². The van der Waals surface area contributed by atoms with Gasteiger partial charge in [0.15, 0.2) is 28.8 Å². The monoisotopic (exact) mass is 479 g/mol. The Balaban J connectivity index is 1.63. The maximum Gasteiger partial charge on any atom is 0.259 e. The number of ether oxygens (including phenoxy) is 4. The number of carbonyl (C=O) groups is 1. The maximum atomic E-state index is 13.8. The van der Waals surface area contributed by atoms with Gasteiger partial charge in [0.1, 0.15) is 0 Å². The lowest BCUT2D eigenvalue weighted by Crippen LogP contribution is -2.26. The number of carbonyl (C=O) groups excluding carboxylic acids is 1. The van der Waals surface area contributed by atoms with Gasteiger partial charge in [-0.1, -0.05) is 0 Å². The van der Waals surface area contributed by atoms with Crippen LogP contribution in [0.2, 0.25) is 0 Å². The highest BCUT2D eigenvalue weighted by atomic mass is 16.7. The van der Waals surface area contributed by atoms with E-state index in [9.17, 15) is 9.59 Å². The van der Waals surface area contributed by atoms with E-state index in [4.69, 9.17) is 24.7 Å². The average molecular weight is 480 g/mol. The number of rotatable bonds is 10. The third kappa shape index (κ3) is 3.90. The number of nitrogens with two attached hydrogens (primary N) is 1. The Labute approximate surface area is 202 Å². The quantitative estimate of drug-likeness (QED) is 0.334. The van der Waals surface area contributed by atoms with Crippen molar-refractivity contribution in [3.63, 3.8) is 0 Å². The fraction of sp³-hybridized carbons (Fsp3) is 0.385. The van der Waals surface area contributed by atoms with Gasteiger partial charge in [-0.2, -0.15) is 0 Å². The molecule has 0 fully saturated rings. The second kappa shape index (κ2) is 9.59. The minimum Gasteiger partial charge on any atom is -0.493 e. The van der Waals surface area contributed by atoms with E-state index >= 15 is 0 Å². The standard InChI is InChI=1S/C26H29N3O6/c1-32-19-10-15-18(13-20(19)33-2)26(31)29(9-5-8-28-7-4-3-6-27)24-16-11-21-22(35-14-34-21)12-17(16)25(30)23(15)24/h10-13,28H,3-9,14,27H2,1-2H3. The zero-order valence-corrected chi connectivity index (χ0v) is 19.9. The zero-order chi connectivity index (χ0) is 24.5. The van der Waals surface area contributed by atoms with Crippen LogP contribution in [0.1, 0.15) is 35.2 Å². The molecule has 1 aliphatic heterocycles. The third-order valence-corrected chi connectivity index (χ3v) is 6.56. The van der Waals surface area contributed by atoms with Gasteiger partial charge in [-0.3, -0.25) is 9.59 Å². The number of unbranched alkanes of at least 4 members (excludes halogenated alkanes) is 1. The van der Waals surface area contributed by atoms with Crippen LogP contribution >= 0.6 is 0 Å². The molecule has 184 valence electrons. The smallest absolute Gasteiger partial charge is 0.259 e. The van der Waals surface area contributed by atoms with E-state index < -0.39 is 0 Å². The molecule has 0 radical (unpaired) electrons. The van der Waals surface area contributed by atoms with E-state index in [-0.39, 0.29) is 18.1 Å². The fourth-order valence-corrected chi connectivity index (χ4v) is 4.84. The fourth-order valence-electron chi connectivity index (χ4n) is 4.84. The van der Waals surface area contributed by atoms with Gasteiger partial charge in [0, 0.05) is 23.1 Å². The largest absolute Gasteiger partial charge is 0.493 e. The Kier molecular flexibility index (Phi) is 6.36. The summed E-state index contributed by atoms with van der Waals surface area (Å²) in [4.78, 5) is 27.5. The van der Waals surface area contributed by atoms with Crippen LogP contribution in [-0.4, -0.2) is 51.0 Å². The number of nitrogens with one attached hydrogen (secondary N) is 1. The van der Waals surface area contributed by atoms with Crippen molar-refractivity contribution in [3.8, 4) is 34.3 Å². The number of pyridine rings is 1. The number of benzene rings is 2. The van der Waals surface area contributed by atoms with E-state index in [1.165, 1.54) is 14.2 Å². The molecular weight excluding hydrogens is 450 g/mol. The third-order valence-electron chi connectivity index (χ3n) is 6.56. The van der Waals surface area contributed by atoms with E-state index in [1.807, 2.05) is 0 Å². The number of methoxy groups -OCH3 is 2. The maximum absolute atomic E-state index is 13.8. The van der Waals surface area contributed by atoms with Crippen LogP contribution in [0.3, 0.4) is 0 Å². The van der Waals surface area contributed by atoms with Crippen LogP contribution in [0.15, 0.2) is 29.1 Å². The topological polar surface area (TPSA) is 114 Å². The Bertz CT molecular complexity index is 1360. The minimum absolute atomic E-state index is 0.108. The van der Waals surface area contributed by atoms with Crippen molar-refractivity contribution in [2.75, 3.05) is 40.6 Å². The molecule has 35 heavy (non-hydrogen) atoms. The van der Waals surface area contributed by atoms with Crippen LogP contribution in [0, 0.1) is 0 Å². The van der Waals surface area contributed by atoms with Crippen LogP contribution in [-0.2, 0) is 6.54 Å². The first-order chi connectivity index (χ1) is 17.1.